The van der Waals surface area contributed by atoms with Crippen LogP contribution in [0.25, 0.3) is 0 Å². The number of hydrogen-bond acceptors (Lipinski definition) is 6. The number of benzene rings is 2. The van der Waals surface area contributed by atoms with Gasteiger partial charge in [-0.2, -0.15) is 0 Å². The maximum atomic E-state index is 14.9. The number of hydrogen-bond donors (Lipinski definition) is 0. The molecule has 252 valence electrons. The maximum Gasteiger partial charge on any atom is 0.411 e. The summed E-state index contributed by atoms with van der Waals surface area (Å²) < 4.78 is 7.94. The van der Waals surface area contributed by atoms with Gasteiger partial charge in [-0.15, -0.1) is 0 Å². The van der Waals surface area contributed by atoms with Crippen molar-refractivity contribution in [3.05, 3.63) is 118 Å². The summed E-state index contributed by atoms with van der Waals surface area (Å²) in [5, 5.41) is 0.705. The van der Waals surface area contributed by atoms with E-state index in [1.807, 2.05) is 93.8 Å². The molecule has 2 atom stereocenters. The Labute approximate surface area is 288 Å². The number of aryl methyl sites for hydroxylation is 4. The monoisotopic (exact) mass is 668 g/mol. The second-order valence-corrected chi connectivity index (χ2v) is 14.3. The van der Waals surface area contributed by atoms with E-state index in [2.05, 4.69) is 32.7 Å². The molecule has 0 bridgehead atoms. The van der Waals surface area contributed by atoms with Crippen molar-refractivity contribution >= 4 is 23.6 Å². The van der Waals surface area contributed by atoms with Gasteiger partial charge in [0.25, 0.3) is 0 Å². The standard InChI is InChI=1S/C38H45ClN6O3/c1-27-23-42(26-41-27)18-9-19-44(24-28-10-6-5-7-11-28)36(46)33-25-43(20-21-45(33)37(47)48-38(2,3)4)35-32-16-15-31(39)22-30(32)14-13-29-12-8-17-40-34(29)35/h5-8,10-12,15-17,22-23,26,33,35H,9,13-14,18-21,24-25H2,1-4H3/t33-,35+/m1/s1. The Kier molecular flexibility index (Phi) is 10.2. The zero-order chi connectivity index (χ0) is 33.8. The molecule has 0 N–H and O–H groups in total. The molecule has 0 saturated carbocycles. The molecule has 1 saturated heterocycles. The number of halogens is 1. The van der Waals surface area contributed by atoms with Crippen LogP contribution in [0, 0.1) is 6.92 Å². The molecule has 1 aliphatic carbocycles. The van der Waals surface area contributed by atoms with Crippen LogP contribution in [0.5, 0.6) is 0 Å². The van der Waals surface area contributed by atoms with E-state index in [9.17, 15) is 9.59 Å². The van der Waals surface area contributed by atoms with Crippen molar-refractivity contribution in [2.45, 2.75) is 77.7 Å². The Morgan fingerprint density at radius 3 is 2.54 bits per heavy atom. The summed E-state index contributed by atoms with van der Waals surface area (Å²) in [6.07, 6.45) is 7.66. The average Bonchev–Trinajstić information content (AvgIpc) is 3.40. The van der Waals surface area contributed by atoms with E-state index in [1.54, 1.807) is 4.90 Å². The molecule has 9 nitrogen and oxygen atoms in total. The number of rotatable bonds is 8. The highest BCUT2D eigenvalue weighted by Gasteiger charge is 2.43. The highest BCUT2D eigenvalue weighted by atomic mass is 35.5. The van der Waals surface area contributed by atoms with Gasteiger partial charge in [-0.1, -0.05) is 54.1 Å². The van der Waals surface area contributed by atoms with Crippen LogP contribution in [-0.4, -0.2) is 79.1 Å². The van der Waals surface area contributed by atoms with E-state index in [4.69, 9.17) is 21.3 Å². The van der Waals surface area contributed by atoms with Crippen LogP contribution in [0.15, 0.2) is 79.4 Å². The lowest BCUT2D eigenvalue weighted by Gasteiger charge is -2.45. The zero-order valence-electron chi connectivity index (χ0n) is 28.3. The number of amides is 2. The highest BCUT2D eigenvalue weighted by molar-refractivity contribution is 6.30. The van der Waals surface area contributed by atoms with E-state index >= 15 is 0 Å². The number of nitrogens with zero attached hydrogens (tertiary/aromatic N) is 6. The topological polar surface area (TPSA) is 83.8 Å². The first kappa shape index (κ1) is 33.7. The molecule has 4 aromatic rings. The van der Waals surface area contributed by atoms with Crippen LogP contribution in [0.3, 0.4) is 0 Å². The zero-order valence-corrected chi connectivity index (χ0v) is 29.1. The molecule has 48 heavy (non-hydrogen) atoms. The Morgan fingerprint density at radius 2 is 1.79 bits per heavy atom. The third kappa shape index (κ3) is 7.90. The van der Waals surface area contributed by atoms with Crippen molar-refractivity contribution in [3.8, 4) is 0 Å². The fraction of sp³-hybridized carbons (Fsp3) is 0.421. The number of piperazine rings is 1. The molecule has 2 aromatic carbocycles. The van der Waals surface area contributed by atoms with Crippen molar-refractivity contribution in [1.82, 2.24) is 29.2 Å². The first-order valence-electron chi connectivity index (χ1n) is 16.8. The summed E-state index contributed by atoms with van der Waals surface area (Å²) in [5.41, 5.74) is 5.81. The van der Waals surface area contributed by atoms with E-state index in [0.29, 0.717) is 37.7 Å². The van der Waals surface area contributed by atoms with E-state index in [1.165, 1.54) is 11.1 Å². The molecule has 3 heterocycles. The quantitative estimate of drug-likeness (QED) is 0.214. The van der Waals surface area contributed by atoms with Crippen molar-refractivity contribution in [2.75, 3.05) is 26.2 Å². The normalized spacial score (nSPS) is 18.1. The van der Waals surface area contributed by atoms with Gasteiger partial charge in [0.05, 0.1) is 23.8 Å². The fourth-order valence-corrected chi connectivity index (χ4v) is 7.06. The maximum absolute atomic E-state index is 14.9. The van der Waals surface area contributed by atoms with E-state index in [-0.39, 0.29) is 11.9 Å². The number of ether oxygens (including phenoxy) is 1. The summed E-state index contributed by atoms with van der Waals surface area (Å²) in [4.78, 5) is 43.7. The van der Waals surface area contributed by atoms with Gasteiger partial charge in [-0.25, -0.2) is 9.78 Å². The van der Waals surface area contributed by atoms with Gasteiger partial charge in [0, 0.05) is 56.7 Å². The second kappa shape index (κ2) is 14.5. The molecule has 0 spiro atoms. The van der Waals surface area contributed by atoms with Crippen LogP contribution >= 0.6 is 11.6 Å². The predicted octanol–water partition coefficient (Wildman–Crippen LogP) is 6.47. The summed E-state index contributed by atoms with van der Waals surface area (Å²) in [5.74, 6) is -0.0950. The van der Waals surface area contributed by atoms with Crippen LogP contribution in [0.4, 0.5) is 4.79 Å². The number of carbonyl (C=O) groups excluding carboxylic acids is 2. The molecule has 6 rings (SSSR count). The first-order valence-corrected chi connectivity index (χ1v) is 17.2. The number of fused-ring (bicyclic) bond motifs is 2. The summed E-state index contributed by atoms with van der Waals surface area (Å²) >= 11 is 6.49. The molecule has 1 aliphatic heterocycles. The van der Waals surface area contributed by atoms with Gasteiger partial charge >= 0.3 is 6.09 Å². The molecule has 2 amide bonds. The second-order valence-electron chi connectivity index (χ2n) is 13.8. The van der Waals surface area contributed by atoms with Crippen LogP contribution in [-0.2, 0) is 35.5 Å². The largest absolute Gasteiger partial charge is 0.444 e. The van der Waals surface area contributed by atoms with Gasteiger partial charge in [0.1, 0.15) is 11.6 Å². The molecular formula is C38H45ClN6O3. The molecule has 10 heteroatoms. The minimum atomic E-state index is -0.751. The average molecular weight is 669 g/mol. The number of carbonyl (C=O) groups is 2. The lowest BCUT2D eigenvalue weighted by Crippen LogP contribution is -2.62. The Morgan fingerprint density at radius 1 is 1.00 bits per heavy atom. The van der Waals surface area contributed by atoms with Gasteiger partial charge in [0.15, 0.2) is 0 Å². The Bertz CT molecular complexity index is 1740. The van der Waals surface area contributed by atoms with Crippen molar-refractivity contribution < 1.29 is 14.3 Å². The SMILES string of the molecule is Cc1cn(CCCN(Cc2ccccc2)C(=O)[C@H]2CN([C@H]3c4ccc(Cl)cc4CCc4cccnc43)CCN2C(=O)OC(C)(C)C)cn1. The lowest BCUT2D eigenvalue weighted by atomic mass is 9.95. The third-order valence-electron chi connectivity index (χ3n) is 9.07. The van der Waals surface area contributed by atoms with Crippen LogP contribution in [0.1, 0.15) is 66.9 Å². The van der Waals surface area contributed by atoms with E-state index in [0.717, 1.165) is 48.3 Å². The summed E-state index contributed by atoms with van der Waals surface area (Å²) in [6.45, 7) is 10.5. The Balaban J connectivity index is 1.34. The van der Waals surface area contributed by atoms with Gasteiger partial charge in [-0.3, -0.25) is 19.6 Å². The highest BCUT2D eigenvalue weighted by Crippen LogP contribution is 2.38. The number of imidazole rings is 1. The number of aromatic nitrogens is 3. The van der Waals surface area contributed by atoms with Crippen molar-refractivity contribution in [2.24, 2.45) is 0 Å². The van der Waals surface area contributed by atoms with Crippen molar-refractivity contribution in [3.63, 3.8) is 0 Å². The Hall–Kier alpha value is -4.21. The molecule has 1 fully saturated rings. The van der Waals surface area contributed by atoms with Gasteiger partial charge in [-0.05, 0) is 87.4 Å². The molecule has 0 radical (unpaired) electrons. The van der Waals surface area contributed by atoms with Crippen molar-refractivity contribution in [1.29, 1.82) is 0 Å². The van der Waals surface area contributed by atoms with Gasteiger partial charge in [0.2, 0.25) is 5.91 Å². The molecule has 0 unspecified atom stereocenters. The summed E-state index contributed by atoms with van der Waals surface area (Å²) in [7, 11) is 0. The number of pyridine rings is 1. The fourth-order valence-electron chi connectivity index (χ4n) is 6.86. The van der Waals surface area contributed by atoms with Crippen LogP contribution in [0.2, 0.25) is 5.02 Å². The first-order chi connectivity index (χ1) is 23.1. The van der Waals surface area contributed by atoms with Crippen LogP contribution < -0.4 is 0 Å². The smallest absolute Gasteiger partial charge is 0.411 e. The third-order valence-corrected chi connectivity index (χ3v) is 9.31. The summed E-state index contributed by atoms with van der Waals surface area (Å²) in [6, 6.07) is 19.3. The minimum Gasteiger partial charge on any atom is -0.444 e. The molecule has 2 aliphatic rings. The molecular weight excluding hydrogens is 624 g/mol. The van der Waals surface area contributed by atoms with E-state index < -0.39 is 17.7 Å². The molecule has 2 aromatic heterocycles. The lowest BCUT2D eigenvalue weighted by molar-refractivity contribution is -0.140. The predicted molar refractivity (Wildman–Crippen MR) is 187 cm³/mol. The minimum absolute atomic E-state index is 0.0950. The van der Waals surface area contributed by atoms with Gasteiger partial charge < -0.3 is 14.2 Å².